The molecule has 0 saturated heterocycles. The first-order valence-corrected chi connectivity index (χ1v) is 7.47. The predicted molar refractivity (Wildman–Crippen MR) is 87.0 cm³/mol. The molecule has 0 bridgehead atoms. The van der Waals surface area contributed by atoms with Gasteiger partial charge in [0.1, 0.15) is 0 Å². The maximum Gasteiger partial charge on any atom is 0.0738 e. The van der Waals surface area contributed by atoms with Gasteiger partial charge in [0.15, 0.2) is 0 Å². The van der Waals surface area contributed by atoms with E-state index >= 15 is 0 Å². The molecule has 0 saturated carbocycles. The fraction of sp³-hybridized carbons (Fsp3) is 0.389. The second-order valence-electron chi connectivity index (χ2n) is 5.28. The summed E-state index contributed by atoms with van der Waals surface area (Å²) >= 11 is 0. The molecule has 0 aliphatic rings. The average Bonchev–Trinajstić information content (AvgIpc) is 2.46. The van der Waals surface area contributed by atoms with Crippen LogP contribution in [-0.2, 0) is 19.3 Å². The number of aryl methyl sites for hydroxylation is 4. The maximum absolute atomic E-state index is 5.83. The minimum absolute atomic E-state index is 0.729. The van der Waals surface area contributed by atoms with Crippen LogP contribution in [0.25, 0.3) is 11.3 Å². The first kappa shape index (κ1) is 14.6. The monoisotopic (exact) mass is 268 g/mol. The van der Waals surface area contributed by atoms with Crippen LogP contribution in [0.1, 0.15) is 43.0 Å². The van der Waals surface area contributed by atoms with Crippen LogP contribution in [0.5, 0.6) is 0 Å². The summed E-state index contributed by atoms with van der Waals surface area (Å²) in [6, 6.07) is 6.66. The highest BCUT2D eigenvalue weighted by molar-refractivity contribution is 5.72. The molecular formula is C18H24N2. The number of nitrogens with zero attached hydrogens (tertiary/aromatic N) is 1. The number of pyridine rings is 1. The van der Waals surface area contributed by atoms with Gasteiger partial charge in [0.25, 0.3) is 0 Å². The van der Waals surface area contributed by atoms with Crippen molar-refractivity contribution in [3.05, 3.63) is 46.6 Å². The molecule has 2 heteroatoms. The topological polar surface area (TPSA) is 38.9 Å². The molecule has 0 fully saturated rings. The Hall–Kier alpha value is -1.83. The van der Waals surface area contributed by atoms with Crippen LogP contribution in [0.2, 0.25) is 0 Å². The highest BCUT2D eigenvalue weighted by atomic mass is 14.7. The molecule has 20 heavy (non-hydrogen) atoms. The molecule has 106 valence electrons. The van der Waals surface area contributed by atoms with Crippen LogP contribution in [0.4, 0.5) is 5.69 Å². The van der Waals surface area contributed by atoms with Gasteiger partial charge in [0, 0.05) is 5.56 Å². The molecule has 0 unspecified atom stereocenters. The number of anilines is 1. The Labute approximate surface area is 122 Å². The van der Waals surface area contributed by atoms with Crippen LogP contribution in [-0.4, -0.2) is 4.98 Å². The zero-order valence-electron chi connectivity index (χ0n) is 13.0. The van der Waals surface area contributed by atoms with E-state index in [4.69, 9.17) is 5.73 Å². The van der Waals surface area contributed by atoms with E-state index in [1.807, 2.05) is 6.07 Å². The van der Waals surface area contributed by atoms with Gasteiger partial charge in [-0.05, 0) is 54.5 Å². The lowest BCUT2D eigenvalue weighted by molar-refractivity contribution is 1.04. The number of benzene rings is 1. The maximum atomic E-state index is 5.83. The lowest BCUT2D eigenvalue weighted by Crippen LogP contribution is -2.01. The largest absolute Gasteiger partial charge is 0.397 e. The third-order valence-corrected chi connectivity index (χ3v) is 3.87. The van der Waals surface area contributed by atoms with Crippen molar-refractivity contribution in [1.29, 1.82) is 0 Å². The van der Waals surface area contributed by atoms with Crippen molar-refractivity contribution < 1.29 is 0 Å². The van der Waals surface area contributed by atoms with E-state index in [2.05, 4.69) is 44.8 Å². The number of nitrogens with two attached hydrogens (primary N) is 1. The first-order valence-electron chi connectivity index (χ1n) is 7.47. The summed E-state index contributed by atoms with van der Waals surface area (Å²) in [6.07, 6.45) is 4.90. The molecule has 0 radical (unpaired) electrons. The third-order valence-electron chi connectivity index (χ3n) is 3.87. The van der Waals surface area contributed by atoms with E-state index in [0.29, 0.717) is 0 Å². The van der Waals surface area contributed by atoms with Crippen LogP contribution in [0.3, 0.4) is 0 Å². The number of hydrogen-bond acceptors (Lipinski definition) is 2. The highest BCUT2D eigenvalue weighted by Crippen LogP contribution is 2.31. The minimum atomic E-state index is 0.729. The van der Waals surface area contributed by atoms with E-state index < -0.39 is 0 Å². The Morgan fingerprint density at radius 3 is 2.00 bits per heavy atom. The van der Waals surface area contributed by atoms with Crippen LogP contribution >= 0.6 is 0 Å². The smallest absolute Gasteiger partial charge is 0.0738 e. The van der Waals surface area contributed by atoms with Gasteiger partial charge >= 0.3 is 0 Å². The second-order valence-corrected chi connectivity index (χ2v) is 5.28. The van der Waals surface area contributed by atoms with Gasteiger partial charge in [-0.1, -0.05) is 32.9 Å². The van der Waals surface area contributed by atoms with Crippen molar-refractivity contribution in [1.82, 2.24) is 4.98 Å². The molecular weight excluding hydrogens is 244 g/mol. The van der Waals surface area contributed by atoms with Crippen molar-refractivity contribution in [2.75, 3.05) is 5.73 Å². The van der Waals surface area contributed by atoms with Crippen molar-refractivity contribution >= 4 is 5.69 Å². The minimum Gasteiger partial charge on any atom is -0.397 e. The fourth-order valence-corrected chi connectivity index (χ4v) is 2.76. The molecule has 0 atom stereocenters. The molecule has 2 rings (SSSR count). The molecule has 2 N–H and O–H groups in total. The lowest BCUT2D eigenvalue weighted by atomic mass is 9.90. The zero-order valence-corrected chi connectivity index (χ0v) is 13.0. The average molecular weight is 268 g/mol. The van der Waals surface area contributed by atoms with Crippen molar-refractivity contribution in [2.45, 2.75) is 47.0 Å². The Kier molecular flexibility index (Phi) is 4.43. The quantitative estimate of drug-likeness (QED) is 0.896. The van der Waals surface area contributed by atoms with Crippen LogP contribution in [0.15, 0.2) is 24.4 Å². The Morgan fingerprint density at radius 2 is 1.55 bits per heavy atom. The van der Waals surface area contributed by atoms with E-state index in [9.17, 15) is 0 Å². The van der Waals surface area contributed by atoms with Gasteiger partial charge in [-0.3, -0.25) is 4.98 Å². The zero-order chi connectivity index (χ0) is 14.7. The first-order chi connectivity index (χ1) is 9.60. The highest BCUT2D eigenvalue weighted by Gasteiger charge is 2.14. The summed E-state index contributed by atoms with van der Waals surface area (Å²) < 4.78 is 0. The Balaban J connectivity index is 2.71. The summed E-state index contributed by atoms with van der Waals surface area (Å²) in [5.74, 6) is 0. The molecule has 2 nitrogen and oxygen atoms in total. The van der Waals surface area contributed by atoms with Gasteiger partial charge in [-0.15, -0.1) is 0 Å². The number of nitrogen functional groups attached to an aromatic ring is 1. The Bertz CT molecular complexity index is 590. The van der Waals surface area contributed by atoms with E-state index in [1.54, 1.807) is 6.20 Å². The predicted octanol–water partition coefficient (Wildman–Crippen LogP) is 4.33. The molecule has 0 aliphatic heterocycles. The fourth-order valence-electron chi connectivity index (χ4n) is 2.76. The van der Waals surface area contributed by atoms with E-state index in [-0.39, 0.29) is 0 Å². The summed E-state index contributed by atoms with van der Waals surface area (Å²) in [5.41, 5.74) is 14.3. The van der Waals surface area contributed by atoms with E-state index in [0.717, 1.165) is 36.2 Å². The normalized spacial score (nSPS) is 10.8. The number of hydrogen-bond donors (Lipinski definition) is 1. The number of aromatic nitrogens is 1. The molecule has 2 aromatic rings. The van der Waals surface area contributed by atoms with Gasteiger partial charge in [-0.25, -0.2) is 0 Å². The summed E-state index contributed by atoms with van der Waals surface area (Å²) in [7, 11) is 0. The van der Waals surface area contributed by atoms with Gasteiger partial charge < -0.3 is 5.73 Å². The van der Waals surface area contributed by atoms with Crippen LogP contribution in [0, 0.1) is 6.92 Å². The summed E-state index contributed by atoms with van der Waals surface area (Å²) in [4.78, 5) is 4.60. The molecule has 1 aromatic heterocycles. The SMILES string of the molecule is CCc1cc(CC)c(-c2ncc(N)cc2C)c(CC)c1. The molecule has 0 aliphatic carbocycles. The van der Waals surface area contributed by atoms with E-state index in [1.165, 1.54) is 22.3 Å². The Morgan fingerprint density at radius 1 is 0.950 bits per heavy atom. The molecule has 1 aromatic carbocycles. The second kappa shape index (κ2) is 6.08. The molecule has 1 heterocycles. The van der Waals surface area contributed by atoms with Crippen molar-refractivity contribution in [3.8, 4) is 11.3 Å². The lowest BCUT2D eigenvalue weighted by Gasteiger charge is -2.17. The van der Waals surface area contributed by atoms with Crippen molar-refractivity contribution in [2.24, 2.45) is 0 Å². The molecule has 0 spiro atoms. The van der Waals surface area contributed by atoms with Crippen LogP contribution < -0.4 is 5.73 Å². The van der Waals surface area contributed by atoms with Gasteiger partial charge in [0.2, 0.25) is 0 Å². The summed E-state index contributed by atoms with van der Waals surface area (Å²) in [6.45, 7) is 8.72. The van der Waals surface area contributed by atoms with Gasteiger partial charge in [-0.2, -0.15) is 0 Å². The number of rotatable bonds is 4. The van der Waals surface area contributed by atoms with Gasteiger partial charge in [0.05, 0.1) is 17.6 Å². The standard InChI is InChI=1S/C18H24N2/c1-5-13-9-14(6-2)17(15(7-3)10-13)18-12(4)8-16(19)11-20-18/h8-11H,5-7,19H2,1-4H3. The van der Waals surface area contributed by atoms with Crippen molar-refractivity contribution in [3.63, 3.8) is 0 Å². The molecule has 0 amide bonds. The third kappa shape index (κ3) is 2.69. The summed E-state index contributed by atoms with van der Waals surface area (Å²) in [5, 5.41) is 0.